The number of alkyl halides is 1. The van der Waals surface area contributed by atoms with Crippen LogP contribution >= 0.6 is 22.6 Å². The van der Waals surface area contributed by atoms with E-state index in [0.29, 0.717) is 34.7 Å². The normalized spacial score (nSPS) is 24.7. The molecule has 0 spiro atoms. The molecule has 2 aliphatic carbocycles. The second kappa shape index (κ2) is 9.33. The van der Waals surface area contributed by atoms with Gasteiger partial charge >= 0.3 is 0 Å². The topological polar surface area (TPSA) is 110 Å². The minimum Gasteiger partial charge on any atom is -0.398 e. The molecule has 8 heteroatoms. The van der Waals surface area contributed by atoms with Crippen LogP contribution < -0.4 is 11.1 Å². The van der Waals surface area contributed by atoms with Crippen molar-refractivity contribution in [3.8, 4) is 0 Å². The van der Waals surface area contributed by atoms with Gasteiger partial charge in [-0.3, -0.25) is 24.1 Å². The molecule has 1 aromatic carbocycles. The van der Waals surface area contributed by atoms with Crippen LogP contribution in [0.5, 0.6) is 0 Å². The molecular formula is C24H28IN3O4. The van der Waals surface area contributed by atoms with Crippen molar-refractivity contribution in [3.63, 3.8) is 0 Å². The zero-order valence-corrected chi connectivity index (χ0v) is 20.1. The third kappa shape index (κ3) is 4.09. The predicted octanol–water partition coefficient (Wildman–Crippen LogP) is 2.97. The van der Waals surface area contributed by atoms with Crippen LogP contribution in [0.15, 0.2) is 24.8 Å². The number of carbonyl (C=O) groups is 4. The van der Waals surface area contributed by atoms with E-state index in [1.807, 2.05) is 0 Å². The van der Waals surface area contributed by atoms with E-state index in [4.69, 9.17) is 5.73 Å². The number of hydrogen-bond acceptors (Lipinski definition) is 5. The van der Waals surface area contributed by atoms with Crippen molar-refractivity contribution in [1.82, 2.24) is 10.2 Å². The minimum absolute atomic E-state index is 0.0452. The van der Waals surface area contributed by atoms with Crippen LogP contribution in [0, 0.1) is 17.8 Å². The summed E-state index contributed by atoms with van der Waals surface area (Å²) in [4.78, 5) is 52.5. The number of nitrogens with two attached hydrogens (primary N) is 1. The summed E-state index contributed by atoms with van der Waals surface area (Å²) in [5.74, 6) is -1.80. The lowest BCUT2D eigenvalue weighted by Gasteiger charge is -2.33. The van der Waals surface area contributed by atoms with Crippen LogP contribution in [0.2, 0.25) is 0 Å². The van der Waals surface area contributed by atoms with Gasteiger partial charge in [-0.05, 0) is 36.8 Å². The molecule has 1 aliphatic heterocycles. The lowest BCUT2D eigenvalue weighted by Crippen LogP contribution is -2.50. The van der Waals surface area contributed by atoms with Crippen LogP contribution in [0.3, 0.4) is 0 Å². The van der Waals surface area contributed by atoms with Gasteiger partial charge in [0.1, 0.15) is 0 Å². The SMILES string of the molecule is C=C1c2c(N)cccc2C(=O)C1C1CCC(=O)N(CCNC(=O)[C@H](I)C2CCCC2)C1=O. The number of Topliss-reactive ketones (excluding diaryl/α,β-unsaturated/α-hetero) is 1. The zero-order chi connectivity index (χ0) is 23.0. The summed E-state index contributed by atoms with van der Waals surface area (Å²) in [6, 6.07) is 5.14. The van der Waals surface area contributed by atoms with Crippen LogP contribution in [-0.4, -0.2) is 45.4 Å². The number of halogens is 1. The molecule has 0 aromatic heterocycles. The van der Waals surface area contributed by atoms with Crippen LogP contribution in [-0.2, 0) is 14.4 Å². The van der Waals surface area contributed by atoms with E-state index in [0.717, 1.165) is 25.7 Å². The van der Waals surface area contributed by atoms with Crippen LogP contribution in [0.1, 0.15) is 54.4 Å². The number of nitrogens with one attached hydrogen (secondary N) is 1. The number of nitrogen functional groups attached to an aromatic ring is 1. The van der Waals surface area contributed by atoms with E-state index in [1.165, 1.54) is 4.90 Å². The smallest absolute Gasteiger partial charge is 0.233 e. The highest BCUT2D eigenvalue weighted by Crippen LogP contribution is 2.45. The number of piperidine rings is 1. The number of anilines is 1. The van der Waals surface area contributed by atoms with E-state index in [9.17, 15) is 19.2 Å². The summed E-state index contributed by atoms with van der Waals surface area (Å²) < 4.78 is -0.0981. The number of benzene rings is 1. The number of rotatable bonds is 6. The van der Waals surface area contributed by atoms with Crippen LogP contribution in [0.4, 0.5) is 5.69 Å². The number of carbonyl (C=O) groups excluding carboxylic acids is 4. The van der Waals surface area contributed by atoms with Crippen molar-refractivity contribution in [3.05, 3.63) is 35.9 Å². The van der Waals surface area contributed by atoms with Gasteiger partial charge in [-0.15, -0.1) is 0 Å². The molecule has 1 heterocycles. The number of nitrogens with zero attached hydrogens (tertiary/aromatic N) is 1. The van der Waals surface area contributed by atoms with Gasteiger partial charge in [-0.2, -0.15) is 0 Å². The molecule has 1 saturated carbocycles. The van der Waals surface area contributed by atoms with Gasteiger partial charge in [0.2, 0.25) is 17.7 Å². The largest absolute Gasteiger partial charge is 0.398 e. The van der Waals surface area contributed by atoms with Gasteiger partial charge < -0.3 is 11.1 Å². The van der Waals surface area contributed by atoms with Gasteiger partial charge in [-0.25, -0.2) is 0 Å². The van der Waals surface area contributed by atoms with Crippen molar-refractivity contribution in [2.24, 2.45) is 17.8 Å². The van der Waals surface area contributed by atoms with Crippen molar-refractivity contribution in [2.75, 3.05) is 18.8 Å². The Morgan fingerprint density at radius 2 is 1.94 bits per heavy atom. The van der Waals surface area contributed by atoms with Gasteiger partial charge in [0.05, 0.1) is 15.8 Å². The summed E-state index contributed by atoms with van der Waals surface area (Å²) >= 11 is 2.19. The number of ketones is 1. The molecule has 0 bridgehead atoms. The molecule has 4 rings (SSSR count). The molecule has 2 fully saturated rings. The predicted molar refractivity (Wildman–Crippen MR) is 130 cm³/mol. The fourth-order valence-corrected chi connectivity index (χ4v) is 6.24. The molecule has 2 unspecified atom stereocenters. The second-order valence-corrected chi connectivity index (χ2v) is 10.2. The lowest BCUT2D eigenvalue weighted by molar-refractivity contribution is -0.152. The van der Waals surface area contributed by atoms with Crippen molar-refractivity contribution >= 4 is 57.4 Å². The van der Waals surface area contributed by atoms with Gasteiger partial charge in [0, 0.05) is 36.3 Å². The van der Waals surface area contributed by atoms with E-state index in [2.05, 4.69) is 34.5 Å². The minimum atomic E-state index is -0.700. The molecule has 32 heavy (non-hydrogen) atoms. The first-order valence-electron chi connectivity index (χ1n) is 11.2. The number of imide groups is 1. The highest BCUT2D eigenvalue weighted by molar-refractivity contribution is 14.1. The molecule has 0 radical (unpaired) electrons. The van der Waals surface area contributed by atoms with Gasteiger partial charge in [0.25, 0.3) is 0 Å². The van der Waals surface area contributed by atoms with Crippen molar-refractivity contribution < 1.29 is 19.2 Å². The number of hydrogen-bond donors (Lipinski definition) is 2. The Morgan fingerprint density at radius 3 is 2.62 bits per heavy atom. The Morgan fingerprint density at radius 1 is 1.22 bits per heavy atom. The third-order valence-corrected chi connectivity index (χ3v) is 8.58. The second-order valence-electron chi connectivity index (χ2n) is 8.90. The monoisotopic (exact) mass is 549 g/mol. The molecular weight excluding hydrogens is 521 g/mol. The summed E-state index contributed by atoms with van der Waals surface area (Å²) in [5, 5.41) is 2.88. The zero-order valence-electron chi connectivity index (χ0n) is 17.9. The van der Waals surface area contributed by atoms with Gasteiger partial charge in [-0.1, -0.05) is 54.1 Å². The fraction of sp³-hybridized carbons (Fsp3) is 0.500. The number of allylic oxidation sites excluding steroid dienone is 1. The third-order valence-electron chi connectivity index (χ3n) is 7.00. The van der Waals surface area contributed by atoms with Gasteiger partial charge in [0.15, 0.2) is 5.78 Å². The molecule has 3 amide bonds. The van der Waals surface area contributed by atoms with E-state index in [1.54, 1.807) is 18.2 Å². The molecule has 3 N–H and O–H groups in total. The fourth-order valence-electron chi connectivity index (χ4n) is 5.30. The quantitative estimate of drug-likeness (QED) is 0.246. The molecule has 7 nitrogen and oxygen atoms in total. The van der Waals surface area contributed by atoms with Crippen molar-refractivity contribution in [2.45, 2.75) is 42.4 Å². The first kappa shape index (κ1) is 22.9. The lowest BCUT2D eigenvalue weighted by atomic mass is 9.80. The Bertz CT molecular complexity index is 985. The maximum absolute atomic E-state index is 13.2. The number of amides is 3. The summed E-state index contributed by atoms with van der Waals surface area (Å²) in [5.41, 5.74) is 8.19. The highest BCUT2D eigenvalue weighted by Gasteiger charge is 2.47. The Balaban J connectivity index is 1.41. The first-order valence-corrected chi connectivity index (χ1v) is 12.4. The number of likely N-dealkylation sites (tertiary alicyclic amines) is 1. The summed E-state index contributed by atoms with van der Waals surface area (Å²) in [7, 11) is 0. The Hall–Kier alpha value is -2.23. The maximum atomic E-state index is 13.2. The van der Waals surface area contributed by atoms with E-state index in [-0.39, 0.29) is 46.9 Å². The maximum Gasteiger partial charge on any atom is 0.233 e. The molecule has 1 saturated heterocycles. The Kier molecular flexibility index (Phi) is 6.69. The molecule has 1 aromatic rings. The highest BCUT2D eigenvalue weighted by atomic mass is 127. The summed E-state index contributed by atoms with van der Waals surface area (Å²) in [6.45, 7) is 4.39. The molecule has 170 valence electrons. The summed E-state index contributed by atoms with van der Waals surface area (Å²) in [6.07, 6.45) is 4.95. The van der Waals surface area contributed by atoms with Crippen molar-refractivity contribution in [1.29, 1.82) is 0 Å². The van der Waals surface area contributed by atoms with E-state index >= 15 is 0 Å². The average Bonchev–Trinajstić information content (AvgIpc) is 3.39. The van der Waals surface area contributed by atoms with Crippen LogP contribution in [0.25, 0.3) is 5.57 Å². The molecule has 3 atom stereocenters. The molecule has 3 aliphatic rings. The first-order chi connectivity index (χ1) is 15.3. The number of fused-ring (bicyclic) bond motifs is 1. The standard InChI is InChI=1S/C24H28IN3O4/c1-13-19-15(7-4-8-17(19)26)22(30)20(13)16-9-10-18(29)28(24(16)32)12-11-27-23(31)21(25)14-5-2-3-6-14/h4,7-8,14,16,20-21H,1-3,5-6,9-12,26H2,(H,27,31)/t16?,20?,21-/m1/s1. The van der Waals surface area contributed by atoms with E-state index < -0.39 is 11.8 Å². The average molecular weight is 549 g/mol. The Labute approximate surface area is 201 Å².